The van der Waals surface area contributed by atoms with Crippen LogP contribution in [0.5, 0.6) is 0 Å². The minimum Gasteiger partial charge on any atom is -0.262 e. The van der Waals surface area contributed by atoms with E-state index >= 15 is 0 Å². The van der Waals surface area contributed by atoms with E-state index in [2.05, 4.69) is 5.10 Å². The molecular weight excluding hydrogens is 258 g/mol. The zero-order chi connectivity index (χ0) is 12.8. The van der Waals surface area contributed by atoms with Crippen LogP contribution in [0.3, 0.4) is 0 Å². The van der Waals surface area contributed by atoms with Crippen molar-refractivity contribution in [3.63, 3.8) is 0 Å². The Morgan fingerprint density at radius 2 is 2.00 bits per heavy atom. The summed E-state index contributed by atoms with van der Waals surface area (Å²) in [6.07, 6.45) is 5.37. The van der Waals surface area contributed by atoms with Crippen molar-refractivity contribution in [1.82, 2.24) is 9.78 Å². The molecule has 0 unspecified atom stereocenters. The smallest absolute Gasteiger partial charge is 0.159 e. The number of fused-ring (bicyclic) bond motifs is 2. The minimum atomic E-state index is 0.346. The van der Waals surface area contributed by atoms with Gasteiger partial charge in [-0.2, -0.15) is 5.10 Å². The SMILES string of the molecule is ClC1=c2cnn(-c3ccccc3)c2=N[C@H]2CCC[C@@H]12. The highest BCUT2D eigenvalue weighted by molar-refractivity contribution is 6.45. The van der Waals surface area contributed by atoms with Crippen molar-refractivity contribution in [2.24, 2.45) is 10.9 Å². The summed E-state index contributed by atoms with van der Waals surface area (Å²) >= 11 is 6.55. The normalized spacial score (nSPS) is 24.8. The number of para-hydroxylation sites is 1. The topological polar surface area (TPSA) is 30.2 Å². The summed E-state index contributed by atoms with van der Waals surface area (Å²) in [5, 5.41) is 6.42. The third-order valence-electron chi connectivity index (χ3n) is 4.10. The zero-order valence-electron chi connectivity index (χ0n) is 10.5. The van der Waals surface area contributed by atoms with E-state index in [0.29, 0.717) is 12.0 Å². The van der Waals surface area contributed by atoms with Gasteiger partial charge < -0.3 is 0 Å². The van der Waals surface area contributed by atoms with Crippen molar-refractivity contribution in [2.75, 3.05) is 0 Å². The highest BCUT2D eigenvalue weighted by Crippen LogP contribution is 2.36. The van der Waals surface area contributed by atoms with Gasteiger partial charge in [0.05, 0.1) is 23.1 Å². The molecule has 3 nitrogen and oxygen atoms in total. The zero-order valence-corrected chi connectivity index (χ0v) is 11.2. The summed E-state index contributed by atoms with van der Waals surface area (Å²) in [5.74, 6) is 0.419. The van der Waals surface area contributed by atoms with Crippen LogP contribution in [0.4, 0.5) is 0 Å². The van der Waals surface area contributed by atoms with Crippen LogP contribution < -0.4 is 10.7 Å². The molecule has 0 N–H and O–H groups in total. The quantitative estimate of drug-likeness (QED) is 0.780. The second kappa shape index (κ2) is 4.20. The number of rotatable bonds is 1. The predicted octanol–water partition coefficient (Wildman–Crippen LogP) is 2.02. The summed E-state index contributed by atoms with van der Waals surface area (Å²) < 4.78 is 1.90. The fourth-order valence-corrected chi connectivity index (χ4v) is 3.53. The molecule has 0 amide bonds. The number of nitrogens with zero attached hydrogens (tertiary/aromatic N) is 3. The summed E-state index contributed by atoms with van der Waals surface area (Å²) in [6.45, 7) is 0. The van der Waals surface area contributed by atoms with Crippen molar-refractivity contribution >= 4 is 16.6 Å². The molecule has 2 aromatic rings. The molecule has 96 valence electrons. The molecule has 1 aliphatic heterocycles. The number of hydrogen-bond donors (Lipinski definition) is 0. The molecule has 0 spiro atoms. The lowest BCUT2D eigenvalue weighted by atomic mass is 10.0. The maximum Gasteiger partial charge on any atom is 0.159 e. The number of benzene rings is 1. The Morgan fingerprint density at radius 3 is 2.84 bits per heavy atom. The van der Waals surface area contributed by atoms with Gasteiger partial charge in [-0.1, -0.05) is 36.2 Å². The number of hydrogen-bond acceptors (Lipinski definition) is 2. The highest BCUT2D eigenvalue weighted by atomic mass is 35.5. The van der Waals surface area contributed by atoms with Gasteiger partial charge >= 0.3 is 0 Å². The van der Waals surface area contributed by atoms with Crippen LogP contribution in [0.1, 0.15) is 19.3 Å². The summed E-state index contributed by atoms with van der Waals surface area (Å²) in [7, 11) is 0. The Morgan fingerprint density at radius 1 is 1.16 bits per heavy atom. The fourth-order valence-electron chi connectivity index (χ4n) is 3.14. The van der Waals surface area contributed by atoms with E-state index in [1.165, 1.54) is 6.42 Å². The van der Waals surface area contributed by atoms with E-state index in [-0.39, 0.29) is 0 Å². The van der Waals surface area contributed by atoms with Gasteiger partial charge in [-0.3, -0.25) is 4.99 Å². The average Bonchev–Trinajstić information content (AvgIpc) is 3.07. The van der Waals surface area contributed by atoms with Crippen LogP contribution in [0.15, 0.2) is 41.5 Å². The van der Waals surface area contributed by atoms with Gasteiger partial charge in [0.25, 0.3) is 0 Å². The average molecular weight is 272 g/mol. The van der Waals surface area contributed by atoms with Crippen LogP contribution >= 0.6 is 11.6 Å². The standard InChI is InChI=1S/C15H14ClN3/c16-14-11-7-4-8-13(11)18-15-12(14)9-17-19(15)10-5-2-1-3-6-10/h1-3,5-6,9,11,13H,4,7-8H2/t11-,13+/m1/s1. The largest absolute Gasteiger partial charge is 0.262 e. The van der Waals surface area contributed by atoms with E-state index in [4.69, 9.17) is 16.6 Å². The van der Waals surface area contributed by atoms with Gasteiger partial charge in [0.15, 0.2) is 5.49 Å². The van der Waals surface area contributed by atoms with Gasteiger partial charge in [0.1, 0.15) is 0 Å². The molecule has 1 aromatic carbocycles. The Hall–Kier alpha value is -1.61. The molecule has 2 aliphatic rings. The molecule has 19 heavy (non-hydrogen) atoms. The summed E-state index contributed by atoms with van der Waals surface area (Å²) in [5.41, 5.74) is 1.95. The van der Waals surface area contributed by atoms with Crippen molar-refractivity contribution in [1.29, 1.82) is 0 Å². The monoisotopic (exact) mass is 271 g/mol. The maximum absolute atomic E-state index is 6.55. The van der Waals surface area contributed by atoms with E-state index < -0.39 is 0 Å². The lowest BCUT2D eigenvalue weighted by molar-refractivity contribution is 0.569. The van der Waals surface area contributed by atoms with Crippen molar-refractivity contribution in [3.05, 3.63) is 47.2 Å². The molecule has 1 aliphatic carbocycles. The van der Waals surface area contributed by atoms with Crippen LogP contribution in [-0.4, -0.2) is 15.8 Å². The second-order valence-corrected chi connectivity index (χ2v) is 5.62. The third-order valence-corrected chi connectivity index (χ3v) is 4.58. The first-order chi connectivity index (χ1) is 9.34. The molecule has 0 saturated heterocycles. The maximum atomic E-state index is 6.55. The van der Waals surface area contributed by atoms with Gasteiger partial charge in [0.2, 0.25) is 0 Å². The molecule has 1 fully saturated rings. The van der Waals surface area contributed by atoms with Gasteiger partial charge in [-0.05, 0) is 25.0 Å². The predicted molar refractivity (Wildman–Crippen MR) is 74.7 cm³/mol. The molecule has 4 heteroatoms. The van der Waals surface area contributed by atoms with E-state index in [0.717, 1.165) is 34.3 Å². The Balaban J connectivity index is 1.98. The first-order valence-electron chi connectivity index (χ1n) is 6.71. The molecule has 4 rings (SSSR count). The molecule has 2 atom stereocenters. The minimum absolute atomic E-state index is 0.346. The molecule has 1 aromatic heterocycles. The Bertz CT molecular complexity index is 732. The molecule has 1 saturated carbocycles. The fraction of sp³-hybridized carbons (Fsp3) is 0.333. The first-order valence-corrected chi connectivity index (χ1v) is 7.09. The molecule has 2 heterocycles. The van der Waals surface area contributed by atoms with E-state index in [1.54, 1.807) is 0 Å². The van der Waals surface area contributed by atoms with Crippen molar-refractivity contribution < 1.29 is 0 Å². The van der Waals surface area contributed by atoms with Crippen molar-refractivity contribution in [2.45, 2.75) is 25.3 Å². The van der Waals surface area contributed by atoms with Crippen LogP contribution in [-0.2, 0) is 0 Å². The van der Waals surface area contributed by atoms with Crippen LogP contribution in [0, 0.1) is 5.92 Å². The Kier molecular flexibility index (Phi) is 2.49. The molecular formula is C15H14ClN3. The highest BCUT2D eigenvalue weighted by Gasteiger charge is 2.32. The summed E-state index contributed by atoms with van der Waals surface area (Å²) in [4.78, 5) is 4.89. The number of aromatic nitrogens is 2. The van der Waals surface area contributed by atoms with Gasteiger partial charge in [-0.25, -0.2) is 4.68 Å². The van der Waals surface area contributed by atoms with Gasteiger partial charge in [-0.15, -0.1) is 0 Å². The number of halogens is 1. The second-order valence-electron chi connectivity index (χ2n) is 5.21. The Labute approximate surface area is 116 Å². The summed E-state index contributed by atoms with van der Waals surface area (Å²) in [6, 6.07) is 10.4. The van der Waals surface area contributed by atoms with Crippen molar-refractivity contribution in [3.8, 4) is 5.69 Å². The first kappa shape index (κ1) is 11.2. The third kappa shape index (κ3) is 1.65. The lowest BCUT2D eigenvalue weighted by Gasteiger charge is -2.18. The van der Waals surface area contributed by atoms with E-state index in [9.17, 15) is 0 Å². The van der Waals surface area contributed by atoms with Crippen LogP contribution in [0.2, 0.25) is 0 Å². The molecule has 0 radical (unpaired) electrons. The van der Waals surface area contributed by atoms with E-state index in [1.807, 2.05) is 41.2 Å². The van der Waals surface area contributed by atoms with Crippen LogP contribution in [0.25, 0.3) is 10.7 Å². The lowest BCUT2D eigenvalue weighted by Crippen LogP contribution is -2.38. The molecule has 0 bridgehead atoms. The van der Waals surface area contributed by atoms with Gasteiger partial charge in [0, 0.05) is 11.0 Å².